The van der Waals surface area contributed by atoms with E-state index in [1.54, 1.807) is 13.2 Å². The van der Waals surface area contributed by atoms with Crippen molar-refractivity contribution in [1.82, 2.24) is 0 Å². The van der Waals surface area contributed by atoms with Crippen molar-refractivity contribution in [3.8, 4) is 6.07 Å². The summed E-state index contributed by atoms with van der Waals surface area (Å²) in [5.41, 5.74) is 7.42. The second-order valence-electron chi connectivity index (χ2n) is 4.40. The third kappa shape index (κ3) is 5.11. The number of unbranched alkanes of at least 4 members (excludes halogenated alkanes) is 1. The summed E-state index contributed by atoms with van der Waals surface area (Å²) in [5, 5.41) is 8.89. The number of hydrogen-bond donors (Lipinski definition) is 1. The van der Waals surface area contributed by atoms with Crippen LogP contribution in [0.5, 0.6) is 0 Å². The van der Waals surface area contributed by atoms with Gasteiger partial charge in [0.25, 0.3) is 0 Å². The normalized spacial score (nSPS) is 13.0. The van der Waals surface area contributed by atoms with E-state index in [9.17, 15) is 0 Å². The summed E-state index contributed by atoms with van der Waals surface area (Å²) >= 11 is 0. The summed E-state index contributed by atoms with van der Waals surface area (Å²) in [5.74, 6) is 0.667. The van der Waals surface area contributed by atoms with E-state index in [1.807, 2.05) is 18.2 Å². The lowest BCUT2D eigenvalue weighted by molar-refractivity contribution is 0.111. The number of aliphatic imine (C=N–C) groups is 1. The predicted octanol–water partition coefficient (Wildman–Crippen LogP) is 2.79. The second-order valence-corrected chi connectivity index (χ2v) is 4.40. The molecule has 1 atom stereocenters. The van der Waals surface area contributed by atoms with Crippen molar-refractivity contribution in [3.63, 3.8) is 0 Å². The molecule has 0 amide bonds. The maximum atomic E-state index is 8.89. The fourth-order valence-corrected chi connectivity index (χ4v) is 1.76. The molecule has 0 saturated carbocycles. The van der Waals surface area contributed by atoms with Crippen molar-refractivity contribution in [2.75, 3.05) is 13.7 Å². The first kappa shape index (κ1) is 15.2. The molecule has 0 aliphatic heterocycles. The number of nitriles is 1. The number of nitrogens with two attached hydrogens (primary N) is 1. The third-order valence-corrected chi connectivity index (χ3v) is 2.92. The van der Waals surface area contributed by atoms with Crippen LogP contribution in [0.25, 0.3) is 0 Å². The molecule has 0 aromatic heterocycles. The summed E-state index contributed by atoms with van der Waals surface area (Å²) in [4.78, 5) is 4.35. The van der Waals surface area contributed by atoms with E-state index < -0.39 is 0 Å². The van der Waals surface area contributed by atoms with Gasteiger partial charge in [-0.25, -0.2) is 0 Å². The van der Waals surface area contributed by atoms with Crippen LogP contribution in [0.4, 0.5) is 0 Å². The molecule has 0 bridgehead atoms. The molecule has 0 spiro atoms. The van der Waals surface area contributed by atoms with Gasteiger partial charge in [0.05, 0.1) is 24.0 Å². The minimum Gasteiger partial charge on any atom is -0.387 e. The largest absolute Gasteiger partial charge is 0.387 e. The van der Waals surface area contributed by atoms with Crippen LogP contribution in [0.15, 0.2) is 29.3 Å². The molecule has 1 aromatic rings. The topological polar surface area (TPSA) is 71.4 Å². The lowest BCUT2D eigenvalue weighted by Gasteiger charge is -2.14. The molecule has 4 heteroatoms. The second kappa shape index (κ2) is 8.28. The first-order chi connectivity index (χ1) is 9.21. The fourth-order valence-electron chi connectivity index (χ4n) is 1.76. The molecule has 2 N–H and O–H groups in total. The van der Waals surface area contributed by atoms with Gasteiger partial charge in [-0.2, -0.15) is 5.26 Å². The van der Waals surface area contributed by atoms with Gasteiger partial charge >= 0.3 is 0 Å². The van der Waals surface area contributed by atoms with Gasteiger partial charge in [0.1, 0.15) is 6.10 Å². The maximum Gasteiger partial charge on any atom is 0.102 e. The van der Waals surface area contributed by atoms with Crippen molar-refractivity contribution in [1.29, 1.82) is 5.26 Å². The van der Waals surface area contributed by atoms with Gasteiger partial charge in [0, 0.05) is 13.5 Å². The molecule has 0 heterocycles. The zero-order valence-corrected chi connectivity index (χ0v) is 11.6. The molecule has 19 heavy (non-hydrogen) atoms. The SMILES string of the molecule is CCCCC(N)=NC[C@H](OC)c1cccc(C#N)c1. The van der Waals surface area contributed by atoms with E-state index >= 15 is 0 Å². The highest BCUT2D eigenvalue weighted by Gasteiger charge is 2.10. The molecule has 0 aliphatic rings. The van der Waals surface area contributed by atoms with Crippen molar-refractivity contribution in [2.24, 2.45) is 10.7 Å². The predicted molar refractivity (Wildman–Crippen MR) is 76.9 cm³/mol. The molecule has 1 aromatic carbocycles. The zero-order valence-electron chi connectivity index (χ0n) is 11.6. The number of amidine groups is 1. The molecular weight excluding hydrogens is 238 g/mol. The summed E-state index contributed by atoms with van der Waals surface area (Å²) in [6, 6.07) is 9.51. The smallest absolute Gasteiger partial charge is 0.102 e. The average molecular weight is 259 g/mol. The van der Waals surface area contributed by atoms with E-state index in [0.717, 1.165) is 24.8 Å². The summed E-state index contributed by atoms with van der Waals surface area (Å²) < 4.78 is 5.42. The first-order valence-corrected chi connectivity index (χ1v) is 6.53. The van der Waals surface area contributed by atoms with Crippen molar-refractivity contribution < 1.29 is 4.74 Å². The van der Waals surface area contributed by atoms with Crippen LogP contribution in [0.2, 0.25) is 0 Å². The van der Waals surface area contributed by atoms with Gasteiger partial charge in [0.2, 0.25) is 0 Å². The summed E-state index contributed by atoms with van der Waals surface area (Å²) in [7, 11) is 1.64. The van der Waals surface area contributed by atoms with Gasteiger partial charge < -0.3 is 10.5 Å². The zero-order chi connectivity index (χ0) is 14.1. The molecular formula is C15H21N3O. The van der Waals surface area contributed by atoms with E-state index in [4.69, 9.17) is 15.7 Å². The van der Waals surface area contributed by atoms with Gasteiger partial charge in [-0.3, -0.25) is 4.99 Å². The Bertz CT molecular complexity index is 463. The number of methoxy groups -OCH3 is 1. The van der Waals surface area contributed by atoms with Gasteiger partial charge in [-0.1, -0.05) is 25.5 Å². The monoisotopic (exact) mass is 259 g/mol. The Morgan fingerprint density at radius 2 is 2.32 bits per heavy atom. The third-order valence-electron chi connectivity index (χ3n) is 2.92. The van der Waals surface area contributed by atoms with E-state index in [1.165, 1.54) is 0 Å². The Kier molecular flexibility index (Phi) is 6.62. The Morgan fingerprint density at radius 3 is 2.95 bits per heavy atom. The van der Waals surface area contributed by atoms with E-state index in [0.29, 0.717) is 17.9 Å². The number of hydrogen-bond acceptors (Lipinski definition) is 3. The van der Waals surface area contributed by atoms with Crippen LogP contribution in [0.1, 0.15) is 43.4 Å². The van der Waals surface area contributed by atoms with Crippen molar-refractivity contribution >= 4 is 5.84 Å². The Balaban J connectivity index is 2.70. The van der Waals surface area contributed by atoms with E-state index in [2.05, 4.69) is 18.0 Å². The quantitative estimate of drug-likeness (QED) is 0.604. The van der Waals surface area contributed by atoms with Crippen LogP contribution in [0.3, 0.4) is 0 Å². The number of rotatable bonds is 7. The lowest BCUT2D eigenvalue weighted by Crippen LogP contribution is -2.15. The fraction of sp³-hybridized carbons (Fsp3) is 0.467. The summed E-state index contributed by atoms with van der Waals surface area (Å²) in [6.45, 7) is 2.61. The van der Waals surface area contributed by atoms with Crippen LogP contribution >= 0.6 is 0 Å². The number of benzene rings is 1. The average Bonchev–Trinajstić information content (AvgIpc) is 2.46. The Hall–Kier alpha value is -1.86. The van der Waals surface area contributed by atoms with Crippen LogP contribution in [-0.4, -0.2) is 19.5 Å². The summed E-state index contributed by atoms with van der Waals surface area (Å²) in [6.07, 6.45) is 2.82. The highest BCUT2D eigenvalue weighted by atomic mass is 16.5. The molecule has 0 unspecified atom stereocenters. The van der Waals surface area contributed by atoms with Gasteiger partial charge in [-0.05, 0) is 24.1 Å². The van der Waals surface area contributed by atoms with Crippen LogP contribution in [-0.2, 0) is 4.74 Å². The van der Waals surface area contributed by atoms with Gasteiger partial charge in [0.15, 0.2) is 0 Å². The minimum absolute atomic E-state index is 0.159. The minimum atomic E-state index is -0.159. The molecule has 102 valence electrons. The maximum absolute atomic E-state index is 8.89. The molecule has 0 aliphatic carbocycles. The Labute approximate surface area is 114 Å². The molecule has 0 fully saturated rings. The van der Waals surface area contributed by atoms with Crippen molar-refractivity contribution in [2.45, 2.75) is 32.3 Å². The number of ether oxygens (including phenoxy) is 1. The number of nitrogens with zero attached hydrogens (tertiary/aromatic N) is 2. The molecule has 4 nitrogen and oxygen atoms in total. The van der Waals surface area contributed by atoms with Crippen LogP contribution in [0, 0.1) is 11.3 Å². The van der Waals surface area contributed by atoms with Crippen LogP contribution < -0.4 is 5.73 Å². The van der Waals surface area contributed by atoms with Gasteiger partial charge in [-0.15, -0.1) is 0 Å². The molecule has 0 radical (unpaired) electrons. The van der Waals surface area contributed by atoms with Crippen molar-refractivity contribution in [3.05, 3.63) is 35.4 Å². The Morgan fingerprint density at radius 1 is 1.53 bits per heavy atom. The lowest BCUT2D eigenvalue weighted by atomic mass is 10.1. The first-order valence-electron chi connectivity index (χ1n) is 6.53. The highest BCUT2D eigenvalue weighted by molar-refractivity contribution is 5.80. The standard InChI is InChI=1S/C15H21N3O/c1-3-4-8-15(17)18-11-14(19-2)13-7-5-6-12(9-13)10-16/h5-7,9,14H,3-4,8,11H2,1-2H3,(H2,17,18)/t14-/m0/s1. The molecule has 1 rings (SSSR count). The molecule has 0 saturated heterocycles. The van der Waals surface area contributed by atoms with E-state index in [-0.39, 0.29) is 6.10 Å². The highest BCUT2D eigenvalue weighted by Crippen LogP contribution is 2.18.